The van der Waals surface area contributed by atoms with E-state index in [0.29, 0.717) is 61.3 Å². The van der Waals surface area contributed by atoms with Crippen LogP contribution < -0.4 is 0 Å². The number of amides is 1. The molecule has 0 radical (unpaired) electrons. The van der Waals surface area contributed by atoms with Crippen molar-refractivity contribution in [3.8, 4) is 0 Å². The van der Waals surface area contributed by atoms with Gasteiger partial charge in [-0.3, -0.25) is 4.79 Å². The number of ether oxygens (including phenoxy) is 1. The Balaban J connectivity index is 1.88. The highest BCUT2D eigenvalue weighted by molar-refractivity contribution is 9.10. The SMILES string of the molecule is C[C@@H]1C[C@@H](C)CN(C(=O)c2ccc(Br)c(S(=O)(=O)N3CCOCC3)c2)C1. The minimum Gasteiger partial charge on any atom is -0.379 e. The highest BCUT2D eigenvalue weighted by atomic mass is 79.9. The van der Waals surface area contributed by atoms with Gasteiger partial charge in [0.05, 0.1) is 18.1 Å². The summed E-state index contributed by atoms with van der Waals surface area (Å²) in [4.78, 5) is 14.9. The van der Waals surface area contributed by atoms with Crippen molar-refractivity contribution in [2.24, 2.45) is 11.8 Å². The maximum Gasteiger partial charge on any atom is 0.253 e. The van der Waals surface area contributed by atoms with Gasteiger partial charge >= 0.3 is 0 Å². The minimum atomic E-state index is -3.67. The number of carbonyl (C=O) groups is 1. The van der Waals surface area contributed by atoms with Crippen molar-refractivity contribution < 1.29 is 17.9 Å². The molecule has 2 heterocycles. The lowest BCUT2D eigenvalue weighted by atomic mass is 9.91. The molecule has 0 spiro atoms. The zero-order valence-electron chi connectivity index (χ0n) is 15.2. The number of piperidine rings is 1. The maximum absolute atomic E-state index is 13.0. The van der Waals surface area contributed by atoms with E-state index in [-0.39, 0.29) is 10.8 Å². The average molecular weight is 445 g/mol. The van der Waals surface area contributed by atoms with E-state index in [2.05, 4.69) is 29.8 Å². The lowest BCUT2D eigenvalue weighted by Gasteiger charge is -2.35. The highest BCUT2D eigenvalue weighted by Crippen LogP contribution is 2.28. The molecule has 0 aromatic heterocycles. The van der Waals surface area contributed by atoms with Gasteiger partial charge in [-0.25, -0.2) is 8.42 Å². The number of morpholine rings is 1. The first kappa shape index (κ1) is 19.8. The van der Waals surface area contributed by atoms with E-state index in [1.807, 2.05) is 4.90 Å². The number of hydrogen-bond acceptors (Lipinski definition) is 4. The first-order chi connectivity index (χ1) is 12.3. The number of rotatable bonds is 3. The van der Waals surface area contributed by atoms with Gasteiger partial charge in [0.25, 0.3) is 5.91 Å². The van der Waals surface area contributed by atoms with Crippen molar-refractivity contribution in [1.29, 1.82) is 0 Å². The highest BCUT2D eigenvalue weighted by Gasteiger charge is 2.31. The number of hydrogen-bond donors (Lipinski definition) is 0. The number of likely N-dealkylation sites (tertiary alicyclic amines) is 1. The van der Waals surface area contributed by atoms with Crippen molar-refractivity contribution in [2.75, 3.05) is 39.4 Å². The zero-order valence-corrected chi connectivity index (χ0v) is 17.6. The van der Waals surface area contributed by atoms with Gasteiger partial charge in [0.15, 0.2) is 0 Å². The van der Waals surface area contributed by atoms with Crippen LogP contribution in [-0.2, 0) is 14.8 Å². The third kappa shape index (κ3) is 4.13. The molecule has 2 atom stereocenters. The Morgan fingerprint density at radius 1 is 1.15 bits per heavy atom. The summed E-state index contributed by atoms with van der Waals surface area (Å²) >= 11 is 3.34. The summed E-state index contributed by atoms with van der Waals surface area (Å²) in [6, 6.07) is 4.84. The van der Waals surface area contributed by atoms with Gasteiger partial charge in [0, 0.05) is 36.2 Å². The molecule has 3 rings (SSSR count). The second kappa shape index (κ2) is 7.96. The van der Waals surface area contributed by atoms with Crippen LogP contribution in [0.2, 0.25) is 0 Å². The van der Waals surface area contributed by atoms with Gasteiger partial charge in [0.2, 0.25) is 10.0 Å². The Hall–Kier alpha value is -0.960. The third-order valence-corrected chi connectivity index (χ3v) is 7.81. The number of benzene rings is 1. The number of nitrogens with zero attached hydrogens (tertiary/aromatic N) is 2. The zero-order chi connectivity index (χ0) is 18.9. The summed E-state index contributed by atoms with van der Waals surface area (Å²) in [5, 5.41) is 0. The van der Waals surface area contributed by atoms with Gasteiger partial charge in [-0.2, -0.15) is 4.31 Å². The van der Waals surface area contributed by atoms with Crippen LogP contribution in [0.1, 0.15) is 30.6 Å². The Morgan fingerprint density at radius 2 is 1.77 bits per heavy atom. The number of carbonyl (C=O) groups excluding carboxylic acids is 1. The fourth-order valence-electron chi connectivity index (χ4n) is 3.77. The maximum atomic E-state index is 13.0. The summed E-state index contributed by atoms with van der Waals surface area (Å²) in [5.41, 5.74) is 0.418. The summed E-state index contributed by atoms with van der Waals surface area (Å²) in [6.45, 7) is 7.15. The summed E-state index contributed by atoms with van der Waals surface area (Å²) in [6.07, 6.45) is 1.11. The molecule has 2 saturated heterocycles. The normalized spacial score (nSPS) is 25.3. The van der Waals surface area contributed by atoms with Crippen molar-refractivity contribution in [1.82, 2.24) is 9.21 Å². The number of sulfonamides is 1. The Labute approximate surface area is 163 Å². The Morgan fingerprint density at radius 3 is 2.38 bits per heavy atom. The topological polar surface area (TPSA) is 66.9 Å². The van der Waals surface area contributed by atoms with E-state index in [1.165, 1.54) is 10.4 Å². The average Bonchev–Trinajstić information content (AvgIpc) is 2.61. The van der Waals surface area contributed by atoms with E-state index >= 15 is 0 Å². The fourth-order valence-corrected chi connectivity index (χ4v) is 6.13. The molecule has 0 bridgehead atoms. The molecule has 0 N–H and O–H groups in total. The second-order valence-corrected chi connectivity index (χ2v) is 10.1. The fraction of sp³-hybridized carbons (Fsp3) is 0.611. The van der Waals surface area contributed by atoms with Crippen molar-refractivity contribution in [3.05, 3.63) is 28.2 Å². The molecule has 2 aliphatic rings. The van der Waals surface area contributed by atoms with Gasteiger partial charge in [-0.15, -0.1) is 0 Å². The van der Waals surface area contributed by atoms with Gasteiger partial charge in [0.1, 0.15) is 0 Å². The van der Waals surface area contributed by atoms with E-state index in [9.17, 15) is 13.2 Å². The van der Waals surface area contributed by atoms with E-state index in [4.69, 9.17) is 4.74 Å². The van der Waals surface area contributed by atoms with Crippen LogP contribution in [0.5, 0.6) is 0 Å². The third-order valence-electron chi connectivity index (χ3n) is 4.92. The summed E-state index contributed by atoms with van der Waals surface area (Å²) in [5.74, 6) is 0.804. The predicted octanol–water partition coefficient (Wildman–Crippen LogP) is 2.59. The minimum absolute atomic E-state index is 0.102. The molecule has 6 nitrogen and oxygen atoms in total. The predicted molar refractivity (Wildman–Crippen MR) is 103 cm³/mol. The largest absolute Gasteiger partial charge is 0.379 e. The Kier molecular flexibility index (Phi) is 6.06. The molecule has 1 aromatic rings. The van der Waals surface area contributed by atoms with Crippen LogP contribution >= 0.6 is 15.9 Å². The van der Waals surface area contributed by atoms with Crippen LogP contribution in [0.25, 0.3) is 0 Å². The molecule has 1 aromatic carbocycles. The molecule has 0 unspecified atom stereocenters. The summed E-state index contributed by atoms with van der Waals surface area (Å²) < 4.78 is 33.1. The molecular formula is C18H25BrN2O4S. The monoisotopic (exact) mass is 444 g/mol. The van der Waals surface area contributed by atoms with Crippen molar-refractivity contribution in [3.63, 3.8) is 0 Å². The van der Waals surface area contributed by atoms with Crippen LogP contribution in [0, 0.1) is 11.8 Å². The van der Waals surface area contributed by atoms with E-state index < -0.39 is 10.0 Å². The summed E-state index contributed by atoms with van der Waals surface area (Å²) in [7, 11) is -3.67. The first-order valence-electron chi connectivity index (χ1n) is 8.95. The number of halogens is 1. The lowest BCUT2D eigenvalue weighted by Crippen LogP contribution is -2.43. The van der Waals surface area contributed by atoms with Gasteiger partial charge in [-0.05, 0) is 52.4 Å². The van der Waals surface area contributed by atoms with Crippen LogP contribution in [0.3, 0.4) is 0 Å². The van der Waals surface area contributed by atoms with Crippen molar-refractivity contribution in [2.45, 2.75) is 25.2 Å². The van der Waals surface area contributed by atoms with E-state index in [1.54, 1.807) is 12.1 Å². The second-order valence-electron chi connectivity index (χ2n) is 7.32. The smallest absolute Gasteiger partial charge is 0.253 e. The molecule has 144 valence electrons. The van der Waals surface area contributed by atoms with Gasteiger partial charge in [-0.1, -0.05) is 13.8 Å². The molecule has 26 heavy (non-hydrogen) atoms. The quantitative estimate of drug-likeness (QED) is 0.718. The Bertz CT molecular complexity index is 767. The molecule has 2 fully saturated rings. The lowest BCUT2D eigenvalue weighted by molar-refractivity contribution is 0.0622. The van der Waals surface area contributed by atoms with Crippen LogP contribution in [-0.4, -0.2) is 62.9 Å². The molecule has 2 aliphatic heterocycles. The van der Waals surface area contributed by atoms with Crippen LogP contribution in [0.4, 0.5) is 0 Å². The molecule has 0 aliphatic carbocycles. The molecule has 8 heteroatoms. The van der Waals surface area contributed by atoms with Gasteiger partial charge < -0.3 is 9.64 Å². The van der Waals surface area contributed by atoms with E-state index in [0.717, 1.165) is 6.42 Å². The molecule has 0 saturated carbocycles. The molecular weight excluding hydrogens is 420 g/mol. The standard InChI is InChI=1S/C18H25BrN2O4S/c1-13-9-14(2)12-20(11-13)18(22)15-3-4-16(19)17(10-15)26(23,24)21-5-7-25-8-6-21/h3-4,10,13-14H,5-9,11-12H2,1-2H3/t13-,14-/m1/s1. The van der Waals surface area contributed by atoms with Crippen molar-refractivity contribution >= 4 is 31.9 Å². The molecule has 1 amide bonds. The van der Waals surface area contributed by atoms with Crippen LogP contribution in [0.15, 0.2) is 27.6 Å². The first-order valence-corrected chi connectivity index (χ1v) is 11.2.